The van der Waals surface area contributed by atoms with E-state index in [4.69, 9.17) is 0 Å². The highest BCUT2D eigenvalue weighted by atomic mass is 15.1. The fraction of sp³-hybridized carbons (Fsp3) is 0.625. The topological polar surface area (TPSA) is 15.3 Å². The highest BCUT2D eigenvalue weighted by Crippen LogP contribution is 2.14. The molecule has 2 nitrogen and oxygen atoms in total. The lowest BCUT2D eigenvalue weighted by Gasteiger charge is -2.28. The van der Waals surface area contributed by atoms with Crippen LogP contribution in [0.2, 0.25) is 0 Å². The molecule has 1 atom stereocenters. The van der Waals surface area contributed by atoms with Crippen LogP contribution in [0.1, 0.15) is 36.0 Å². The van der Waals surface area contributed by atoms with Crippen molar-refractivity contribution in [2.45, 2.75) is 45.7 Å². The van der Waals surface area contributed by atoms with E-state index < -0.39 is 0 Å². The smallest absolute Gasteiger partial charge is 0.0233 e. The third kappa shape index (κ3) is 3.82. The Labute approximate surface area is 111 Å². The van der Waals surface area contributed by atoms with Gasteiger partial charge in [0.05, 0.1) is 0 Å². The van der Waals surface area contributed by atoms with Gasteiger partial charge in [-0.3, -0.25) is 0 Å². The van der Waals surface area contributed by atoms with E-state index in [0.717, 1.165) is 13.1 Å². The van der Waals surface area contributed by atoms with E-state index in [0.29, 0.717) is 6.04 Å². The molecule has 100 valence electrons. The summed E-state index contributed by atoms with van der Waals surface area (Å²) in [4.78, 5) is 2.45. The second-order valence-corrected chi connectivity index (χ2v) is 5.77. The molecule has 0 bridgehead atoms. The Morgan fingerprint density at radius 2 is 2.11 bits per heavy atom. The maximum Gasteiger partial charge on any atom is 0.0233 e. The summed E-state index contributed by atoms with van der Waals surface area (Å²) in [5.74, 6) is 0. The van der Waals surface area contributed by atoms with Gasteiger partial charge in [0.25, 0.3) is 0 Å². The molecular formula is C16H26N2. The summed E-state index contributed by atoms with van der Waals surface area (Å²) in [6.07, 6.45) is 4.06. The van der Waals surface area contributed by atoms with Crippen LogP contribution < -0.4 is 5.32 Å². The molecule has 1 fully saturated rings. The van der Waals surface area contributed by atoms with E-state index >= 15 is 0 Å². The monoisotopic (exact) mass is 246 g/mol. The van der Waals surface area contributed by atoms with E-state index in [1.54, 1.807) is 0 Å². The van der Waals surface area contributed by atoms with Crippen molar-refractivity contribution >= 4 is 0 Å². The van der Waals surface area contributed by atoms with Crippen LogP contribution in [0.3, 0.4) is 0 Å². The molecule has 1 aromatic rings. The zero-order chi connectivity index (χ0) is 13.0. The minimum absolute atomic E-state index is 0.689. The van der Waals surface area contributed by atoms with Gasteiger partial charge in [-0.1, -0.05) is 30.2 Å². The van der Waals surface area contributed by atoms with Crippen molar-refractivity contribution in [1.29, 1.82) is 0 Å². The van der Waals surface area contributed by atoms with Gasteiger partial charge >= 0.3 is 0 Å². The van der Waals surface area contributed by atoms with Crippen LogP contribution >= 0.6 is 0 Å². The highest BCUT2D eigenvalue weighted by molar-refractivity contribution is 5.30. The first-order valence-electron chi connectivity index (χ1n) is 7.13. The molecule has 0 spiro atoms. The van der Waals surface area contributed by atoms with E-state index in [-0.39, 0.29) is 0 Å². The summed E-state index contributed by atoms with van der Waals surface area (Å²) >= 11 is 0. The Hall–Kier alpha value is -0.860. The van der Waals surface area contributed by atoms with Crippen LogP contribution in [0.15, 0.2) is 18.2 Å². The zero-order valence-corrected chi connectivity index (χ0v) is 12.0. The number of benzene rings is 1. The van der Waals surface area contributed by atoms with Crippen LogP contribution in [0.25, 0.3) is 0 Å². The standard InChI is InChI=1S/C16H26N2/c1-13-7-8-15(14(2)10-13)11-18(3)12-16-6-4-5-9-17-16/h7-8,10,16-17H,4-6,9,11-12H2,1-3H3. The molecular weight excluding hydrogens is 220 g/mol. The van der Waals surface area contributed by atoms with Crippen LogP contribution in [0, 0.1) is 13.8 Å². The second kappa shape index (κ2) is 6.35. The second-order valence-electron chi connectivity index (χ2n) is 5.77. The van der Waals surface area contributed by atoms with E-state index in [9.17, 15) is 0 Å². The Kier molecular flexibility index (Phi) is 4.79. The number of nitrogens with zero attached hydrogens (tertiary/aromatic N) is 1. The lowest BCUT2D eigenvalue weighted by atomic mass is 10.0. The molecule has 1 unspecified atom stereocenters. The third-order valence-electron chi connectivity index (χ3n) is 3.88. The van der Waals surface area contributed by atoms with Crippen molar-refractivity contribution in [1.82, 2.24) is 10.2 Å². The number of aryl methyl sites for hydroxylation is 2. The van der Waals surface area contributed by atoms with Crippen LogP contribution in [-0.4, -0.2) is 31.1 Å². The lowest BCUT2D eigenvalue weighted by Crippen LogP contribution is -2.42. The van der Waals surface area contributed by atoms with Crippen LogP contribution in [0.5, 0.6) is 0 Å². The van der Waals surface area contributed by atoms with Crippen molar-refractivity contribution in [3.63, 3.8) is 0 Å². The molecule has 2 heteroatoms. The molecule has 1 saturated heterocycles. The fourth-order valence-corrected chi connectivity index (χ4v) is 2.83. The summed E-state index contributed by atoms with van der Waals surface area (Å²) in [7, 11) is 2.23. The van der Waals surface area contributed by atoms with Gasteiger partial charge in [-0.2, -0.15) is 0 Å². The average molecular weight is 246 g/mol. The number of piperidine rings is 1. The Bertz CT molecular complexity index is 381. The minimum atomic E-state index is 0.689. The molecule has 1 aliphatic rings. The molecule has 0 amide bonds. The SMILES string of the molecule is Cc1ccc(CN(C)CC2CCCCN2)c(C)c1. The average Bonchev–Trinajstić information content (AvgIpc) is 2.34. The van der Waals surface area contributed by atoms with E-state index in [1.165, 1.54) is 42.5 Å². The molecule has 1 heterocycles. The predicted molar refractivity (Wildman–Crippen MR) is 77.9 cm³/mol. The van der Waals surface area contributed by atoms with E-state index in [1.807, 2.05) is 0 Å². The first-order valence-corrected chi connectivity index (χ1v) is 7.13. The molecule has 2 rings (SSSR count). The Morgan fingerprint density at radius 3 is 2.78 bits per heavy atom. The van der Waals surface area contributed by atoms with Gasteiger partial charge in [-0.25, -0.2) is 0 Å². The van der Waals surface area contributed by atoms with Gasteiger partial charge in [-0.15, -0.1) is 0 Å². The molecule has 1 aliphatic heterocycles. The normalized spacial score (nSPS) is 20.3. The van der Waals surface area contributed by atoms with Crippen LogP contribution in [-0.2, 0) is 6.54 Å². The third-order valence-corrected chi connectivity index (χ3v) is 3.88. The summed E-state index contributed by atoms with van der Waals surface area (Å²) < 4.78 is 0. The van der Waals surface area contributed by atoms with Gasteiger partial charge in [0.2, 0.25) is 0 Å². The maximum absolute atomic E-state index is 3.62. The summed E-state index contributed by atoms with van der Waals surface area (Å²) in [5, 5.41) is 3.62. The molecule has 0 aromatic heterocycles. The van der Waals surface area contributed by atoms with E-state index in [2.05, 4.69) is 49.3 Å². The summed E-state index contributed by atoms with van der Waals surface area (Å²) in [6.45, 7) is 7.79. The summed E-state index contributed by atoms with van der Waals surface area (Å²) in [6, 6.07) is 7.46. The largest absolute Gasteiger partial charge is 0.313 e. The maximum atomic E-state index is 3.62. The van der Waals surface area contributed by atoms with Gasteiger partial charge < -0.3 is 10.2 Å². The minimum Gasteiger partial charge on any atom is -0.313 e. The van der Waals surface area contributed by atoms with Gasteiger partial charge in [0.1, 0.15) is 0 Å². The van der Waals surface area contributed by atoms with Crippen molar-refractivity contribution < 1.29 is 0 Å². The quantitative estimate of drug-likeness (QED) is 0.879. The molecule has 0 saturated carbocycles. The van der Waals surface area contributed by atoms with Gasteiger partial charge in [0, 0.05) is 19.1 Å². The summed E-state index contributed by atoms with van der Waals surface area (Å²) in [5.41, 5.74) is 4.23. The predicted octanol–water partition coefficient (Wildman–Crippen LogP) is 2.88. The fourth-order valence-electron chi connectivity index (χ4n) is 2.83. The number of likely N-dealkylation sites (N-methyl/N-ethyl adjacent to an activating group) is 1. The van der Waals surface area contributed by atoms with Crippen molar-refractivity contribution in [3.8, 4) is 0 Å². The molecule has 0 aliphatic carbocycles. The highest BCUT2D eigenvalue weighted by Gasteiger charge is 2.14. The molecule has 1 aromatic carbocycles. The van der Waals surface area contributed by atoms with Crippen molar-refractivity contribution in [2.75, 3.05) is 20.1 Å². The molecule has 18 heavy (non-hydrogen) atoms. The van der Waals surface area contributed by atoms with Gasteiger partial charge in [-0.05, 0) is 51.4 Å². The van der Waals surface area contributed by atoms with Crippen molar-refractivity contribution in [3.05, 3.63) is 34.9 Å². The zero-order valence-electron chi connectivity index (χ0n) is 12.0. The first-order chi connectivity index (χ1) is 8.65. The number of rotatable bonds is 4. The Morgan fingerprint density at radius 1 is 1.28 bits per heavy atom. The van der Waals surface area contributed by atoms with Crippen LogP contribution in [0.4, 0.5) is 0 Å². The molecule has 0 radical (unpaired) electrons. The Balaban J connectivity index is 1.87. The number of nitrogens with one attached hydrogen (secondary N) is 1. The van der Waals surface area contributed by atoms with Crippen molar-refractivity contribution in [2.24, 2.45) is 0 Å². The number of hydrogen-bond donors (Lipinski definition) is 1. The lowest BCUT2D eigenvalue weighted by molar-refractivity contribution is 0.256. The molecule has 1 N–H and O–H groups in total. The van der Waals surface area contributed by atoms with Gasteiger partial charge in [0.15, 0.2) is 0 Å². The number of hydrogen-bond acceptors (Lipinski definition) is 2. The first kappa shape index (κ1) is 13.6.